The van der Waals surface area contributed by atoms with E-state index in [2.05, 4.69) is 10.3 Å². The largest absolute Gasteiger partial charge is 0.481 e. The maximum atomic E-state index is 11.8. The highest BCUT2D eigenvalue weighted by molar-refractivity contribution is 5.92. The molecule has 98 valence electrons. The molecule has 1 atom stereocenters. The molecule has 1 amide bonds. The third kappa shape index (κ3) is 4.95. The monoisotopic (exact) mass is 250 g/mol. The Hall–Kier alpha value is -1.91. The number of carboxylic acid groups (broad SMARTS) is 1. The molecule has 0 spiro atoms. The fourth-order valence-electron chi connectivity index (χ4n) is 1.60. The fourth-order valence-corrected chi connectivity index (χ4v) is 1.60. The van der Waals surface area contributed by atoms with Crippen molar-refractivity contribution >= 4 is 11.9 Å². The van der Waals surface area contributed by atoms with Crippen LogP contribution < -0.4 is 5.32 Å². The number of aromatic nitrogens is 1. The van der Waals surface area contributed by atoms with E-state index in [4.69, 9.17) is 5.11 Å². The number of carbonyl (C=O) groups is 2. The average Bonchev–Trinajstić information content (AvgIpc) is 2.28. The predicted molar refractivity (Wildman–Crippen MR) is 67.4 cm³/mol. The molecule has 18 heavy (non-hydrogen) atoms. The smallest absolute Gasteiger partial charge is 0.303 e. The van der Waals surface area contributed by atoms with Crippen molar-refractivity contribution in [2.75, 3.05) is 0 Å². The number of hydrogen-bond acceptors (Lipinski definition) is 3. The van der Waals surface area contributed by atoms with Crippen LogP contribution in [0.3, 0.4) is 0 Å². The number of hydrogen-bond donors (Lipinski definition) is 2. The SMILES string of the molecule is Cc1cccc(C(=O)NC(C)CCCC(=O)O)n1. The molecular weight excluding hydrogens is 232 g/mol. The molecule has 0 aliphatic rings. The summed E-state index contributed by atoms with van der Waals surface area (Å²) in [5.41, 5.74) is 1.18. The van der Waals surface area contributed by atoms with E-state index in [1.807, 2.05) is 19.9 Å². The van der Waals surface area contributed by atoms with Gasteiger partial charge in [-0.05, 0) is 38.8 Å². The zero-order valence-electron chi connectivity index (χ0n) is 10.6. The fraction of sp³-hybridized carbons (Fsp3) is 0.462. The van der Waals surface area contributed by atoms with Gasteiger partial charge in [-0.2, -0.15) is 0 Å². The Morgan fingerprint density at radius 3 is 2.78 bits per heavy atom. The van der Waals surface area contributed by atoms with Gasteiger partial charge < -0.3 is 10.4 Å². The van der Waals surface area contributed by atoms with Gasteiger partial charge in [0.05, 0.1) is 0 Å². The highest BCUT2D eigenvalue weighted by Crippen LogP contribution is 2.03. The molecule has 0 saturated carbocycles. The number of nitrogens with zero attached hydrogens (tertiary/aromatic N) is 1. The van der Waals surface area contributed by atoms with E-state index in [9.17, 15) is 9.59 Å². The van der Waals surface area contributed by atoms with Crippen LogP contribution in [0.4, 0.5) is 0 Å². The second-order valence-electron chi connectivity index (χ2n) is 4.32. The van der Waals surface area contributed by atoms with E-state index in [-0.39, 0.29) is 18.4 Å². The van der Waals surface area contributed by atoms with Crippen molar-refractivity contribution in [3.8, 4) is 0 Å². The normalized spacial score (nSPS) is 11.9. The first-order chi connectivity index (χ1) is 8.49. The van der Waals surface area contributed by atoms with E-state index >= 15 is 0 Å². The molecule has 0 aliphatic heterocycles. The Morgan fingerprint density at radius 1 is 1.44 bits per heavy atom. The third-order valence-electron chi connectivity index (χ3n) is 2.53. The highest BCUT2D eigenvalue weighted by Gasteiger charge is 2.11. The molecule has 1 aromatic rings. The lowest BCUT2D eigenvalue weighted by Gasteiger charge is -2.12. The van der Waals surface area contributed by atoms with Crippen LogP contribution >= 0.6 is 0 Å². The molecule has 0 aliphatic carbocycles. The van der Waals surface area contributed by atoms with Gasteiger partial charge in [0, 0.05) is 18.2 Å². The molecule has 1 heterocycles. The predicted octanol–water partition coefficient (Wildman–Crippen LogP) is 1.76. The van der Waals surface area contributed by atoms with Gasteiger partial charge in [-0.15, -0.1) is 0 Å². The standard InChI is InChI=1S/C13H18N2O3/c1-9-5-3-7-11(14-9)13(18)15-10(2)6-4-8-12(16)17/h3,5,7,10H,4,6,8H2,1-2H3,(H,15,18)(H,16,17). The van der Waals surface area contributed by atoms with Gasteiger partial charge in [0.15, 0.2) is 0 Å². The number of rotatable bonds is 6. The molecule has 1 aromatic heterocycles. The van der Waals surface area contributed by atoms with E-state index < -0.39 is 5.97 Å². The Kier molecular flexibility index (Phi) is 5.30. The molecule has 1 unspecified atom stereocenters. The van der Waals surface area contributed by atoms with Gasteiger partial charge in [0.2, 0.25) is 0 Å². The third-order valence-corrected chi connectivity index (χ3v) is 2.53. The number of nitrogens with one attached hydrogen (secondary N) is 1. The summed E-state index contributed by atoms with van der Waals surface area (Å²) in [6.07, 6.45) is 1.32. The highest BCUT2D eigenvalue weighted by atomic mass is 16.4. The minimum Gasteiger partial charge on any atom is -0.481 e. The second kappa shape index (κ2) is 6.74. The van der Waals surface area contributed by atoms with Crippen LogP contribution in [-0.2, 0) is 4.79 Å². The number of carbonyl (C=O) groups excluding carboxylic acids is 1. The molecule has 0 aromatic carbocycles. The van der Waals surface area contributed by atoms with Crippen molar-refractivity contribution < 1.29 is 14.7 Å². The molecule has 5 nitrogen and oxygen atoms in total. The van der Waals surface area contributed by atoms with Crippen LogP contribution in [0.25, 0.3) is 0 Å². The van der Waals surface area contributed by atoms with Crippen molar-refractivity contribution in [2.24, 2.45) is 0 Å². The zero-order chi connectivity index (χ0) is 13.5. The van der Waals surface area contributed by atoms with Gasteiger partial charge in [-0.3, -0.25) is 9.59 Å². The number of aliphatic carboxylic acids is 1. The minimum absolute atomic E-state index is 0.0563. The van der Waals surface area contributed by atoms with Crippen LogP contribution in [0.1, 0.15) is 42.4 Å². The molecule has 1 rings (SSSR count). The Balaban J connectivity index is 2.42. The van der Waals surface area contributed by atoms with E-state index in [1.54, 1.807) is 12.1 Å². The molecule has 2 N–H and O–H groups in total. The van der Waals surface area contributed by atoms with Crippen molar-refractivity contribution in [3.05, 3.63) is 29.6 Å². The second-order valence-corrected chi connectivity index (χ2v) is 4.32. The topological polar surface area (TPSA) is 79.3 Å². The molecule has 0 bridgehead atoms. The van der Waals surface area contributed by atoms with Crippen molar-refractivity contribution in [3.63, 3.8) is 0 Å². The molecule has 0 fully saturated rings. The van der Waals surface area contributed by atoms with E-state index in [0.717, 1.165) is 5.69 Å². The van der Waals surface area contributed by atoms with E-state index in [0.29, 0.717) is 18.5 Å². The summed E-state index contributed by atoms with van der Waals surface area (Å²) in [6, 6.07) is 5.21. The molecule has 0 saturated heterocycles. The van der Waals surface area contributed by atoms with Crippen LogP contribution in [0.2, 0.25) is 0 Å². The lowest BCUT2D eigenvalue weighted by molar-refractivity contribution is -0.137. The van der Waals surface area contributed by atoms with Crippen molar-refractivity contribution in [1.82, 2.24) is 10.3 Å². The quantitative estimate of drug-likeness (QED) is 0.806. The summed E-state index contributed by atoms with van der Waals surface area (Å²) in [5, 5.41) is 11.3. The average molecular weight is 250 g/mol. The number of pyridine rings is 1. The van der Waals surface area contributed by atoms with Gasteiger partial charge in [0.25, 0.3) is 5.91 Å². The van der Waals surface area contributed by atoms with Crippen LogP contribution in [0.15, 0.2) is 18.2 Å². The zero-order valence-corrected chi connectivity index (χ0v) is 10.6. The first-order valence-electron chi connectivity index (χ1n) is 5.95. The Labute approximate surface area is 106 Å². The lowest BCUT2D eigenvalue weighted by Crippen LogP contribution is -2.33. The summed E-state index contributed by atoms with van der Waals surface area (Å²) in [7, 11) is 0. The summed E-state index contributed by atoms with van der Waals surface area (Å²) in [5.74, 6) is -1.03. The molecule has 5 heteroatoms. The van der Waals surface area contributed by atoms with Crippen LogP contribution in [-0.4, -0.2) is 28.0 Å². The Bertz CT molecular complexity index is 432. The summed E-state index contributed by atoms with van der Waals surface area (Å²) < 4.78 is 0. The number of aryl methyl sites for hydroxylation is 1. The van der Waals surface area contributed by atoms with Gasteiger partial charge in [-0.25, -0.2) is 4.98 Å². The summed E-state index contributed by atoms with van der Waals surface area (Å²) >= 11 is 0. The van der Waals surface area contributed by atoms with Gasteiger partial charge in [0.1, 0.15) is 5.69 Å². The molecule has 0 radical (unpaired) electrons. The first kappa shape index (κ1) is 14.2. The van der Waals surface area contributed by atoms with Gasteiger partial charge >= 0.3 is 5.97 Å². The van der Waals surface area contributed by atoms with Crippen molar-refractivity contribution in [1.29, 1.82) is 0 Å². The van der Waals surface area contributed by atoms with E-state index in [1.165, 1.54) is 0 Å². The number of amides is 1. The first-order valence-corrected chi connectivity index (χ1v) is 5.95. The Morgan fingerprint density at radius 2 is 2.17 bits per heavy atom. The van der Waals surface area contributed by atoms with Crippen LogP contribution in [0, 0.1) is 6.92 Å². The maximum absolute atomic E-state index is 11.8. The lowest BCUT2D eigenvalue weighted by atomic mass is 10.1. The molecular formula is C13H18N2O3. The van der Waals surface area contributed by atoms with Crippen LogP contribution in [0.5, 0.6) is 0 Å². The summed E-state index contributed by atoms with van der Waals surface area (Å²) in [6.45, 7) is 3.68. The maximum Gasteiger partial charge on any atom is 0.303 e. The number of carboxylic acids is 1. The van der Waals surface area contributed by atoms with Crippen molar-refractivity contribution in [2.45, 2.75) is 39.2 Å². The minimum atomic E-state index is -0.811. The summed E-state index contributed by atoms with van der Waals surface area (Å²) in [4.78, 5) is 26.3. The van der Waals surface area contributed by atoms with Gasteiger partial charge in [-0.1, -0.05) is 6.07 Å².